The van der Waals surface area contributed by atoms with Crippen LogP contribution in [0, 0.1) is 0 Å². The van der Waals surface area contributed by atoms with Crippen molar-refractivity contribution in [1.82, 2.24) is 14.9 Å². The van der Waals surface area contributed by atoms with E-state index in [-0.39, 0.29) is 17.2 Å². The predicted octanol–water partition coefficient (Wildman–Crippen LogP) is 3.09. The minimum atomic E-state index is -0.0536. The molecule has 2 heterocycles. The Morgan fingerprint density at radius 1 is 1.46 bits per heavy atom. The standard InChI is InChI=1S/C17H21N3O2S2/c1-20-16(22)15-13(8-10-23-15)19-17(20)24-11-14(21)18-9-7-12-5-3-2-4-6-12/h5,8,10H,2-4,6-7,9,11H2,1H3,(H,18,21). The van der Waals surface area contributed by atoms with Gasteiger partial charge in [0.15, 0.2) is 5.16 Å². The molecule has 24 heavy (non-hydrogen) atoms. The maximum absolute atomic E-state index is 12.2. The molecular weight excluding hydrogens is 342 g/mol. The van der Waals surface area contributed by atoms with Crippen molar-refractivity contribution < 1.29 is 4.79 Å². The molecule has 5 nitrogen and oxygen atoms in total. The molecule has 0 radical (unpaired) electrons. The summed E-state index contributed by atoms with van der Waals surface area (Å²) < 4.78 is 2.18. The summed E-state index contributed by atoms with van der Waals surface area (Å²) in [6.07, 6.45) is 8.13. The van der Waals surface area contributed by atoms with Gasteiger partial charge in [-0.1, -0.05) is 23.4 Å². The number of aromatic nitrogens is 2. The second-order valence-electron chi connectivity index (χ2n) is 5.89. The van der Waals surface area contributed by atoms with Crippen molar-refractivity contribution >= 4 is 39.2 Å². The largest absolute Gasteiger partial charge is 0.355 e. The summed E-state index contributed by atoms with van der Waals surface area (Å²) in [6, 6.07) is 1.84. The third-order valence-electron chi connectivity index (χ3n) is 4.13. The minimum Gasteiger partial charge on any atom is -0.355 e. The lowest BCUT2D eigenvalue weighted by Gasteiger charge is -2.13. The summed E-state index contributed by atoms with van der Waals surface area (Å²) >= 11 is 2.70. The number of nitrogens with zero attached hydrogens (tertiary/aromatic N) is 2. The zero-order valence-electron chi connectivity index (χ0n) is 13.7. The van der Waals surface area contributed by atoms with Gasteiger partial charge in [-0.25, -0.2) is 4.98 Å². The first kappa shape index (κ1) is 17.2. The van der Waals surface area contributed by atoms with E-state index in [9.17, 15) is 9.59 Å². The lowest BCUT2D eigenvalue weighted by molar-refractivity contribution is -0.118. The monoisotopic (exact) mass is 363 g/mol. The molecule has 2 aromatic rings. The van der Waals surface area contributed by atoms with Crippen LogP contribution in [0.15, 0.2) is 33.0 Å². The van der Waals surface area contributed by atoms with E-state index >= 15 is 0 Å². The molecule has 0 bridgehead atoms. The molecule has 128 valence electrons. The number of allylic oxidation sites excluding steroid dienone is 1. The summed E-state index contributed by atoms with van der Waals surface area (Å²) in [7, 11) is 1.70. The Morgan fingerprint density at radius 3 is 3.12 bits per heavy atom. The summed E-state index contributed by atoms with van der Waals surface area (Å²) in [5, 5.41) is 5.39. The summed E-state index contributed by atoms with van der Waals surface area (Å²) in [5.74, 6) is 0.255. The first-order valence-electron chi connectivity index (χ1n) is 8.17. The highest BCUT2D eigenvalue weighted by Crippen LogP contribution is 2.21. The number of carbonyl (C=O) groups excluding carboxylic acids is 1. The minimum absolute atomic E-state index is 0.0175. The smallest absolute Gasteiger partial charge is 0.271 e. The third kappa shape index (κ3) is 4.08. The summed E-state index contributed by atoms with van der Waals surface area (Å²) in [4.78, 5) is 28.7. The number of rotatable bonds is 6. The van der Waals surface area contributed by atoms with E-state index in [0.717, 1.165) is 12.8 Å². The average Bonchev–Trinajstić information content (AvgIpc) is 3.06. The van der Waals surface area contributed by atoms with Gasteiger partial charge in [0.05, 0.1) is 11.3 Å². The van der Waals surface area contributed by atoms with Crippen molar-refractivity contribution in [2.24, 2.45) is 7.05 Å². The zero-order chi connectivity index (χ0) is 16.9. The Balaban J connectivity index is 1.52. The molecule has 1 amide bonds. The van der Waals surface area contributed by atoms with E-state index in [2.05, 4.69) is 16.4 Å². The van der Waals surface area contributed by atoms with Crippen molar-refractivity contribution in [3.8, 4) is 0 Å². The van der Waals surface area contributed by atoms with Crippen LogP contribution in [0.25, 0.3) is 10.2 Å². The van der Waals surface area contributed by atoms with Gasteiger partial charge in [0.2, 0.25) is 5.91 Å². The summed E-state index contributed by atoms with van der Waals surface area (Å²) in [6.45, 7) is 0.682. The zero-order valence-corrected chi connectivity index (χ0v) is 15.3. The third-order valence-corrected chi connectivity index (χ3v) is 6.05. The van der Waals surface area contributed by atoms with Gasteiger partial charge in [0.1, 0.15) is 4.70 Å². The number of fused-ring (bicyclic) bond motifs is 1. The van der Waals surface area contributed by atoms with Crippen LogP contribution in [0.2, 0.25) is 0 Å². The van der Waals surface area contributed by atoms with Crippen LogP contribution < -0.4 is 10.9 Å². The Hall–Kier alpha value is -1.60. The van der Waals surface area contributed by atoms with Crippen LogP contribution in [0.1, 0.15) is 32.1 Å². The molecule has 0 spiro atoms. The molecular formula is C17H21N3O2S2. The van der Waals surface area contributed by atoms with E-state index in [4.69, 9.17) is 0 Å². The van der Waals surface area contributed by atoms with E-state index in [0.29, 0.717) is 21.9 Å². The highest BCUT2D eigenvalue weighted by Gasteiger charge is 2.12. The van der Waals surface area contributed by atoms with Crippen LogP contribution >= 0.6 is 23.1 Å². The van der Waals surface area contributed by atoms with E-state index in [1.54, 1.807) is 7.05 Å². The highest BCUT2D eigenvalue weighted by atomic mass is 32.2. The fourth-order valence-corrected chi connectivity index (χ4v) is 4.38. The molecule has 7 heteroatoms. The van der Waals surface area contributed by atoms with Crippen LogP contribution in [0.4, 0.5) is 0 Å². The molecule has 0 aliphatic heterocycles. The number of amides is 1. The van der Waals surface area contributed by atoms with Crippen molar-refractivity contribution in [3.63, 3.8) is 0 Å². The van der Waals surface area contributed by atoms with Crippen molar-refractivity contribution in [2.45, 2.75) is 37.3 Å². The van der Waals surface area contributed by atoms with E-state index in [1.165, 1.54) is 52.5 Å². The van der Waals surface area contributed by atoms with Crippen molar-refractivity contribution in [2.75, 3.05) is 12.3 Å². The maximum Gasteiger partial charge on any atom is 0.271 e. The number of carbonyl (C=O) groups is 1. The Kier molecular flexibility index (Phi) is 5.73. The fourth-order valence-electron chi connectivity index (χ4n) is 2.77. The Morgan fingerprint density at radius 2 is 2.33 bits per heavy atom. The van der Waals surface area contributed by atoms with Crippen molar-refractivity contribution in [3.05, 3.63) is 33.4 Å². The number of hydrogen-bond acceptors (Lipinski definition) is 5. The van der Waals surface area contributed by atoms with E-state index < -0.39 is 0 Å². The SMILES string of the molecule is Cn1c(SCC(=O)NCCC2=CCCCC2)nc2ccsc2c1=O. The Labute approximate surface area is 149 Å². The van der Waals surface area contributed by atoms with Crippen LogP contribution in [0.5, 0.6) is 0 Å². The van der Waals surface area contributed by atoms with Gasteiger partial charge >= 0.3 is 0 Å². The second kappa shape index (κ2) is 7.98. The molecule has 1 N–H and O–H groups in total. The van der Waals surface area contributed by atoms with Crippen LogP contribution in [-0.2, 0) is 11.8 Å². The quantitative estimate of drug-likeness (QED) is 0.487. The molecule has 0 aromatic carbocycles. The molecule has 1 aliphatic carbocycles. The lowest BCUT2D eigenvalue weighted by atomic mass is 9.97. The first-order chi connectivity index (χ1) is 11.6. The lowest BCUT2D eigenvalue weighted by Crippen LogP contribution is -2.27. The molecule has 0 fully saturated rings. The molecule has 0 atom stereocenters. The molecule has 2 aromatic heterocycles. The maximum atomic E-state index is 12.2. The van der Waals surface area contributed by atoms with Gasteiger partial charge in [-0.2, -0.15) is 0 Å². The number of nitrogens with one attached hydrogen (secondary N) is 1. The predicted molar refractivity (Wildman–Crippen MR) is 99.8 cm³/mol. The molecule has 0 saturated carbocycles. The first-order valence-corrected chi connectivity index (χ1v) is 10.0. The highest BCUT2D eigenvalue weighted by molar-refractivity contribution is 7.99. The number of hydrogen-bond donors (Lipinski definition) is 1. The van der Waals surface area contributed by atoms with Gasteiger partial charge in [-0.3, -0.25) is 14.2 Å². The molecule has 0 unspecified atom stereocenters. The van der Waals surface area contributed by atoms with Crippen LogP contribution in [0.3, 0.4) is 0 Å². The Bertz CT molecular complexity index is 823. The second-order valence-corrected chi connectivity index (χ2v) is 7.75. The molecule has 1 aliphatic rings. The summed E-state index contributed by atoms with van der Waals surface area (Å²) in [5.41, 5.74) is 2.11. The van der Waals surface area contributed by atoms with Gasteiger partial charge < -0.3 is 5.32 Å². The van der Waals surface area contributed by atoms with Crippen molar-refractivity contribution in [1.29, 1.82) is 0 Å². The number of thiophene rings is 1. The van der Waals surface area contributed by atoms with Gasteiger partial charge in [-0.05, 0) is 43.6 Å². The van der Waals surface area contributed by atoms with Gasteiger partial charge in [0.25, 0.3) is 5.56 Å². The van der Waals surface area contributed by atoms with Gasteiger partial charge in [-0.15, -0.1) is 11.3 Å². The molecule has 3 rings (SSSR count). The average molecular weight is 364 g/mol. The normalized spacial score (nSPS) is 14.6. The topological polar surface area (TPSA) is 64.0 Å². The van der Waals surface area contributed by atoms with Gasteiger partial charge in [0, 0.05) is 13.6 Å². The van der Waals surface area contributed by atoms with E-state index in [1.807, 2.05) is 11.4 Å². The van der Waals surface area contributed by atoms with Crippen LogP contribution in [-0.4, -0.2) is 27.8 Å². The number of thioether (sulfide) groups is 1. The fraction of sp³-hybridized carbons (Fsp3) is 0.471. The molecule has 0 saturated heterocycles.